The molecule has 0 saturated carbocycles. The molecule has 2 N–H and O–H groups in total. The van der Waals surface area contributed by atoms with Crippen molar-refractivity contribution in [2.45, 2.75) is 6.54 Å². The number of ether oxygens (including phenoxy) is 2. The molecule has 0 aliphatic heterocycles. The Hall–Kier alpha value is -2.10. The minimum absolute atomic E-state index is 0.311. The number of aromatic nitrogens is 1. The lowest BCUT2D eigenvalue weighted by molar-refractivity contribution is 0.404. The highest BCUT2D eigenvalue weighted by Gasteiger charge is 2.17. The van der Waals surface area contributed by atoms with Gasteiger partial charge in [-0.25, -0.2) is 4.98 Å². The topological polar surface area (TPSA) is 81.2 Å². The molecule has 0 radical (unpaired) electrons. The van der Waals surface area contributed by atoms with E-state index in [1.54, 1.807) is 32.4 Å². The van der Waals surface area contributed by atoms with Crippen LogP contribution < -0.4 is 15.2 Å². The molecule has 1 heterocycles. The molecular formula is C13H13N3O2S. The zero-order chi connectivity index (χ0) is 13.8. The maximum absolute atomic E-state index is 9.19. The Morgan fingerprint density at radius 3 is 2.74 bits per heavy atom. The van der Waals surface area contributed by atoms with Crippen molar-refractivity contribution in [2.75, 3.05) is 14.2 Å². The summed E-state index contributed by atoms with van der Waals surface area (Å²) in [5.74, 6) is 1.33. The number of hydrogen-bond acceptors (Lipinski definition) is 6. The van der Waals surface area contributed by atoms with E-state index in [-0.39, 0.29) is 0 Å². The van der Waals surface area contributed by atoms with Gasteiger partial charge >= 0.3 is 0 Å². The molecule has 6 heteroatoms. The lowest BCUT2D eigenvalue weighted by atomic mass is 10.1. The maximum atomic E-state index is 9.19. The molecule has 1 aromatic carbocycles. The van der Waals surface area contributed by atoms with E-state index < -0.39 is 0 Å². The molecule has 2 rings (SSSR count). The fourth-order valence-corrected chi connectivity index (χ4v) is 2.46. The molecule has 2 aromatic rings. The minimum atomic E-state index is 0.311. The van der Waals surface area contributed by atoms with Gasteiger partial charge in [0, 0.05) is 12.1 Å². The second-order valence-electron chi connectivity index (χ2n) is 3.67. The fraction of sp³-hybridized carbons (Fsp3) is 0.231. The van der Waals surface area contributed by atoms with E-state index >= 15 is 0 Å². The number of hydrogen-bond donors (Lipinski definition) is 1. The van der Waals surface area contributed by atoms with Crippen LogP contribution in [0.2, 0.25) is 0 Å². The summed E-state index contributed by atoms with van der Waals surface area (Å²) in [4.78, 5) is 4.91. The minimum Gasteiger partial charge on any atom is -0.497 e. The molecule has 0 aliphatic carbocycles. The number of nitrogens with two attached hydrogens (primary N) is 1. The Balaban J connectivity index is 2.63. The van der Waals surface area contributed by atoms with Gasteiger partial charge in [0.1, 0.15) is 33.1 Å². The molecule has 0 unspecified atom stereocenters. The predicted octanol–water partition coefficient (Wildman–Crippen LogP) is 2.16. The summed E-state index contributed by atoms with van der Waals surface area (Å²) in [6.45, 7) is 0.311. The van der Waals surface area contributed by atoms with Crippen LogP contribution in [0.15, 0.2) is 18.2 Å². The van der Waals surface area contributed by atoms with Crippen LogP contribution in [-0.4, -0.2) is 19.2 Å². The van der Waals surface area contributed by atoms with Gasteiger partial charge in [-0.1, -0.05) is 0 Å². The number of nitriles is 1. The highest BCUT2D eigenvalue weighted by Crippen LogP contribution is 2.36. The first kappa shape index (κ1) is 13.3. The zero-order valence-electron chi connectivity index (χ0n) is 10.6. The van der Waals surface area contributed by atoms with Gasteiger partial charge in [0.15, 0.2) is 0 Å². The van der Waals surface area contributed by atoms with Crippen molar-refractivity contribution in [1.82, 2.24) is 4.98 Å². The number of methoxy groups -OCH3 is 2. The molecule has 5 nitrogen and oxygen atoms in total. The highest BCUT2D eigenvalue weighted by atomic mass is 32.1. The standard InChI is InChI=1S/C13H13N3O2S/c1-17-8-3-4-10(18-2)9(5-8)13-11(6-14)19-12(7-15)16-13/h3-5H,7,15H2,1-2H3. The largest absolute Gasteiger partial charge is 0.497 e. The monoisotopic (exact) mass is 275 g/mol. The third-order valence-corrected chi connectivity index (χ3v) is 3.59. The number of thiazole rings is 1. The molecule has 1 aromatic heterocycles. The third kappa shape index (κ3) is 2.52. The predicted molar refractivity (Wildman–Crippen MR) is 73.3 cm³/mol. The molecule has 0 spiro atoms. The normalized spacial score (nSPS) is 10.0. The highest BCUT2D eigenvalue weighted by molar-refractivity contribution is 7.12. The van der Waals surface area contributed by atoms with E-state index in [0.29, 0.717) is 28.6 Å². The van der Waals surface area contributed by atoms with Crippen LogP contribution >= 0.6 is 11.3 Å². The van der Waals surface area contributed by atoms with Crippen molar-refractivity contribution < 1.29 is 9.47 Å². The van der Waals surface area contributed by atoms with Crippen LogP contribution in [0.4, 0.5) is 0 Å². The van der Waals surface area contributed by atoms with Crippen molar-refractivity contribution in [2.24, 2.45) is 5.73 Å². The summed E-state index contributed by atoms with van der Waals surface area (Å²) in [5, 5.41) is 9.91. The second-order valence-corrected chi connectivity index (χ2v) is 4.75. The quantitative estimate of drug-likeness (QED) is 0.924. The number of benzene rings is 1. The van der Waals surface area contributed by atoms with Crippen LogP contribution in [-0.2, 0) is 6.54 Å². The van der Waals surface area contributed by atoms with E-state index in [9.17, 15) is 5.26 Å². The first-order chi connectivity index (χ1) is 9.23. The average molecular weight is 275 g/mol. The number of nitrogens with zero attached hydrogens (tertiary/aromatic N) is 2. The smallest absolute Gasteiger partial charge is 0.133 e. The molecule has 98 valence electrons. The van der Waals surface area contributed by atoms with E-state index in [4.69, 9.17) is 15.2 Å². The summed E-state index contributed by atoms with van der Waals surface area (Å²) in [6.07, 6.45) is 0. The second kappa shape index (κ2) is 5.69. The van der Waals surface area contributed by atoms with Gasteiger partial charge in [-0.2, -0.15) is 5.26 Å². The van der Waals surface area contributed by atoms with E-state index in [1.165, 1.54) is 11.3 Å². The summed E-state index contributed by atoms with van der Waals surface area (Å²) < 4.78 is 10.5. The lowest BCUT2D eigenvalue weighted by Crippen LogP contribution is -1.95. The van der Waals surface area contributed by atoms with Crippen LogP contribution in [0.3, 0.4) is 0 Å². The first-order valence-electron chi connectivity index (χ1n) is 5.55. The van der Waals surface area contributed by atoms with Gasteiger partial charge in [0.2, 0.25) is 0 Å². The van der Waals surface area contributed by atoms with Crippen LogP contribution in [0, 0.1) is 11.3 Å². The Morgan fingerprint density at radius 2 is 2.16 bits per heavy atom. The number of rotatable bonds is 4. The molecule has 0 amide bonds. The summed E-state index contributed by atoms with van der Waals surface area (Å²) in [5.41, 5.74) is 6.89. The van der Waals surface area contributed by atoms with E-state index in [0.717, 1.165) is 10.6 Å². The van der Waals surface area contributed by atoms with Crippen molar-refractivity contribution in [1.29, 1.82) is 5.26 Å². The molecular weight excluding hydrogens is 262 g/mol. The zero-order valence-corrected chi connectivity index (χ0v) is 11.5. The van der Waals surface area contributed by atoms with Crippen molar-refractivity contribution in [3.05, 3.63) is 28.1 Å². The van der Waals surface area contributed by atoms with Gasteiger partial charge in [0.25, 0.3) is 0 Å². The summed E-state index contributed by atoms with van der Waals surface area (Å²) in [6, 6.07) is 7.53. The molecule has 0 bridgehead atoms. The first-order valence-corrected chi connectivity index (χ1v) is 6.37. The average Bonchev–Trinajstić information content (AvgIpc) is 2.89. The third-order valence-electron chi connectivity index (χ3n) is 2.61. The van der Waals surface area contributed by atoms with Crippen LogP contribution in [0.5, 0.6) is 11.5 Å². The molecule has 0 fully saturated rings. The maximum Gasteiger partial charge on any atom is 0.133 e. The van der Waals surface area contributed by atoms with Crippen LogP contribution in [0.25, 0.3) is 11.3 Å². The van der Waals surface area contributed by atoms with Crippen molar-refractivity contribution in [3.8, 4) is 28.8 Å². The SMILES string of the molecule is COc1ccc(OC)c(-c2nc(CN)sc2C#N)c1. The fourth-order valence-electron chi connectivity index (χ4n) is 1.71. The van der Waals surface area contributed by atoms with Crippen molar-refractivity contribution >= 4 is 11.3 Å². The van der Waals surface area contributed by atoms with Gasteiger partial charge in [-0.05, 0) is 18.2 Å². The Labute approximate surface area is 115 Å². The summed E-state index contributed by atoms with van der Waals surface area (Å²) >= 11 is 1.29. The van der Waals surface area contributed by atoms with Gasteiger partial charge < -0.3 is 15.2 Å². The summed E-state index contributed by atoms with van der Waals surface area (Å²) in [7, 11) is 3.16. The molecule has 0 aliphatic rings. The van der Waals surface area contributed by atoms with Gasteiger partial charge in [-0.15, -0.1) is 11.3 Å². The molecule has 0 atom stereocenters. The van der Waals surface area contributed by atoms with E-state index in [1.807, 2.05) is 0 Å². The molecule has 0 saturated heterocycles. The van der Waals surface area contributed by atoms with Gasteiger partial charge in [-0.3, -0.25) is 0 Å². The Morgan fingerprint density at radius 1 is 1.37 bits per heavy atom. The molecule has 19 heavy (non-hydrogen) atoms. The van der Waals surface area contributed by atoms with Gasteiger partial charge in [0.05, 0.1) is 14.2 Å². The Kier molecular flexibility index (Phi) is 4.00. The lowest BCUT2D eigenvalue weighted by Gasteiger charge is -2.08. The Bertz CT molecular complexity index is 631. The van der Waals surface area contributed by atoms with E-state index in [2.05, 4.69) is 11.1 Å². The van der Waals surface area contributed by atoms with Crippen LogP contribution in [0.1, 0.15) is 9.88 Å². The van der Waals surface area contributed by atoms with Crippen molar-refractivity contribution in [3.63, 3.8) is 0 Å².